The number of aromatic nitrogens is 2. The Morgan fingerprint density at radius 1 is 1.37 bits per heavy atom. The molecular weight excluding hydrogens is 264 g/mol. The average molecular weight is 276 g/mol. The van der Waals surface area contributed by atoms with Crippen LogP contribution in [0.2, 0.25) is 0 Å². The fourth-order valence-corrected chi connectivity index (χ4v) is 3.22. The number of hydrogen-bond acceptors (Lipinski definition) is 5. The molecule has 0 saturated heterocycles. The molecule has 7 heteroatoms. The number of nitrogens with two attached hydrogens (primary N) is 1. The summed E-state index contributed by atoms with van der Waals surface area (Å²) < 4.78 is 25.6. The predicted molar refractivity (Wildman–Crippen MR) is 69.9 cm³/mol. The molecular formula is C12H12N4O2S. The summed E-state index contributed by atoms with van der Waals surface area (Å²) in [6, 6.07) is 6.88. The largest absolute Gasteiger partial charge is 0.382 e. The number of nitrogen functional groups attached to an aromatic ring is 1. The van der Waals surface area contributed by atoms with Crippen LogP contribution in [0.1, 0.15) is 16.7 Å². The highest BCUT2D eigenvalue weighted by Crippen LogP contribution is 2.22. The summed E-state index contributed by atoms with van der Waals surface area (Å²) in [5.41, 5.74) is 7.07. The second-order valence-electron chi connectivity index (χ2n) is 4.17. The van der Waals surface area contributed by atoms with Crippen molar-refractivity contribution in [2.24, 2.45) is 0 Å². The summed E-state index contributed by atoms with van der Waals surface area (Å²) in [4.78, 5) is 0.131. The predicted octanol–water partition coefficient (Wildman–Crippen LogP) is 1.19. The van der Waals surface area contributed by atoms with E-state index in [2.05, 4.69) is 5.10 Å². The maximum absolute atomic E-state index is 12.5. The summed E-state index contributed by atoms with van der Waals surface area (Å²) in [5, 5.41) is 12.5. The van der Waals surface area contributed by atoms with E-state index in [4.69, 9.17) is 11.0 Å². The molecule has 0 aliphatic heterocycles. The third-order valence-electron chi connectivity index (χ3n) is 2.74. The van der Waals surface area contributed by atoms with Gasteiger partial charge in [-0.15, -0.1) is 4.09 Å². The van der Waals surface area contributed by atoms with Crippen LogP contribution in [0, 0.1) is 25.2 Å². The van der Waals surface area contributed by atoms with Gasteiger partial charge in [0.1, 0.15) is 11.6 Å². The molecule has 0 saturated carbocycles. The van der Waals surface area contributed by atoms with Crippen LogP contribution in [0.3, 0.4) is 0 Å². The molecule has 1 aromatic heterocycles. The third kappa shape index (κ3) is 2.06. The minimum atomic E-state index is -3.88. The smallest absolute Gasteiger partial charge is 0.285 e. The van der Waals surface area contributed by atoms with Crippen LogP contribution in [0.4, 0.5) is 5.82 Å². The van der Waals surface area contributed by atoms with Crippen molar-refractivity contribution >= 4 is 15.8 Å². The van der Waals surface area contributed by atoms with Crippen molar-refractivity contribution in [2.45, 2.75) is 18.7 Å². The minimum Gasteiger partial charge on any atom is -0.382 e. The summed E-state index contributed by atoms with van der Waals surface area (Å²) in [6.45, 7) is 3.49. The van der Waals surface area contributed by atoms with Gasteiger partial charge >= 0.3 is 0 Å². The van der Waals surface area contributed by atoms with Gasteiger partial charge in [-0.1, -0.05) is 12.1 Å². The van der Waals surface area contributed by atoms with E-state index in [0.29, 0.717) is 9.65 Å². The van der Waals surface area contributed by atoms with Gasteiger partial charge < -0.3 is 5.73 Å². The second-order valence-corrected chi connectivity index (χ2v) is 5.91. The SMILES string of the molecule is Cc1ccc(C)c(S(=O)(=O)n2ncc(C#N)c2N)c1. The van der Waals surface area contributed by atoms with E-state index in [0.717, 1.165) is 11.8 Å². The first-order valence-electron chi connectivity index (χ1n) is 5.44. The molecule has 1 aromatic carbocycles. The molecule has 0 amide bonds. The Kier molecular flexibility index (Phi) is 3.04. The molecule has 0 aliphatic carbocycles. The van der Waals surface area contributed by atoms with Crippen molar-refractivity contribution < 1.29 is 8.42 Å². The van der Waals surface area contributed by atoms with E-state index in [9.17, 15) is 8.42 Å². The van der Waals surface area contributed by atoms with Crippen LogP contribution in [-0.4, -0.2) is 17.6 Å². The van der Waals surface area contributed by atoms with Crippen LogP contribution in [0.15, 0.2) is 29.3 Å². The molecule has 19 heavy (non-hydrogen) atoms. The van der Waals surface area contributed by atoms with E-state index in [1.54, 1.807) is 32.0 Å². The average Bonchev–Trinajstić information content (AvgIpc) is 2.74. The lowest BCUT2D eigenvalue weighted by Crippen LogP contribution is -2.18. The molecule has 2 aromatic rings. The Morgan fingerprint density at radius 2 is 2.05 bits per heavy atom. The molecule has 0 spiro atoms. The summed E-state index contributed by atoms with van der Waals surface area (Å²) >= 11 is 0. The number of rotatable bonds is 2. The number of nitrogens with zero attached hydrogens (tertiary/aromatic N) is 3. The van der Waals surface area contributed by atoms with E-state index < -0.39 is 10.0 Å². The zero-order valence-electron chi connectivity index (χ0n) is 10.5. The lowest BCUT2D eigenvalue weighted by Gasteiger charge is -2.09. The van der Waals surface area contributed by atoms with Gasteiger partial charge in [0.2, 0.25) is 0 Å². The molecule has 2 rings (SSSR count). The summed E-state index contributed by atoms with van der Waals surface area (Å²) in [7, 11) is -3.88. The summed E-state index contributed by atoms with van der Waals surface area (Å²) in [5.74, 6) is -0.177. The van der Waals surface area contributed by atoms with Crippen LogP contribution in [0.5, 0.6) is 0 Å². The maximum Gasteiger partial charge on any atom is 0.285 e. The standard InChI is InChI=1S/C12H12N4O2S/c1-8-3-4-9(2)11(5-8)19(17,18)16-12(14)10(6-13)7-15-16/h3-5,7H,14H2,1-2H3. The highest BCUT2D eigenvalue weighted by Gasteiger charge is 2.24. The van der Waals surface area contributed by atoms with Crippen molar-refractivity contribution in [3.05, 3.63) is 41.1 Å². The normalized spacial score (nSPS) is 11.2. The van der Waals surface area contributed by atoms with E-state index >= 15 is 0 Å². The maximum atomic E-state index is 12.5. The van der Waals surface area contributed by atoms with Gasteiger partial charge in [0, 0.05) is 0 Å². The van der Waals surface area contributed by atoms with Crippen LogP contribution >= 0.6 is 0 Å². The highest BCUT2D eigenvalue weighted by molar-refractivity contribution is 7.90. The fourth-order valence-electron chi connectivity index (χ4n) is 1.70. The first kappa shape index (κ1) is 13.1. The number of nitriles is 1. The van der Waals surface area contributed by atoms with Crippen LogP contribution in [0.25, 0.3) is 0 Å². The molecule has 0 bridgehead atoms. The second kappa shape index (κ2) is 4.40. The number of aryl methyl sites for hydroxylation is 2. The zero-order chi connectivity index (χ0) is 14.2. The molecule has 0 radical (unpaired) electrons. The van der Waals surface area contributed by atoms with Gasteiger partial charge in [-0.3, -0.25) is 0 Å². The monoisotopic (exact) mass is 276 g/mol. The molecule has 0 aliphatic rings. The fraction of sp³-hybridized carbons (Fsp3) is 0.167. The molecule has 98 valence electrons. The lowest BCUT2D eigenvalue weighted by atomic mass is 10.2. The van der Waals surface area contributed by atoms with Crippen molar-refractivity contribution in [1.82, 2.24) is 9.19 Å². The van der Waals surface area contributed by atoms with Crippen molar-refractivity contribution in [3.8, 4) is 6.07 Å². The Hall–Kier alpha value is -2.33. The van der Waals surface area contributed by atoms with Crippen molar-refractivity contribution in [2.75, 3.05) is 5.73 Å². The van der Waals surface area contributed by atoms with E-state index in [1.165, 1.54) is 0 Å². The lowest BCUT2D eigenvalue weighted by molar-refractivity contribution is 0.580. The van der Waals surface area contributed by atoms with Crippen molar-refractivity contribution in [1.29, 1.82) is 5.26 Å². The van der Waals surface area contributed by atoms with E-state index in [1.807, 2.05) is 6.07 Å². The molecule has 2 N–H and O–H groups in total. The minimum absolute atomic E-state index is 0.0360. The van der Waals surface area contributed by atoms with Crippen LogP contribution < -0.4 is 5.73 Å². The van der Waals surface area contributed by atoms with Crippen LogP contribution in [-0.2, 0) is 10.0 Å². The number of anilines is 1. The Morgan fingerprint density at radius 3 is 2.63 bits per heavy atom. The summed E-state index contributed by atoms with van der Waals surface area (Å²) in [6.07, 6.45) is 1.14. The van der Waals surface area contributed by atoms with Gasteiger partial charge in [-0.2, -0.15) is 18.8 Å². The van der Waals surface area contributed by atoms with Gasteiger partial charge in [-0.25, -0.2) is 0 Å². The van der Waals surface area contributed by atoms with E-state index in [-0.39, 0.29) is 16.3 Å². The van der Waals surface area contributed by atoms with Gasteiger partial charge in [0.05, 0.1) is 11.1 Å². The van der Waals surface area contributed by atoms with Gasteiger partial charge in [0.25, 0.3) is 10.0 Å². The zero-order valence-corrected chi connectivity index (χ0v) is 11.3. The Balaban J connectivity index is 2.70. The quantitative estimate of drug-likeness (QED) is 0.887. The topological polar surface area (TPSA) is 102 Å². The van der Waals surface area contributed by atoms with Gasteiger partial charge in [0.15, 0.2) is 5.82 Å². The Labute approximate surface area is 111 Å². The first-order chi connectivity index (χ1) is 8.87. The molecule has 0 fully saturated rings. The molecule has 0 unspecified atom stereocenters. The third-order valence-corrected chi connectivity index (χ3v) is 4.49. The molecule has 1 heterocycles. The molecule has 6 nitrogen and oxygen atoms in total. The highest BCUT2D eigenvalue weighted by atomic mass is 32.2. The first-order valence-corrected chi connectivity index (χ1v) is 6.88. The molecule has 0 atom stereocenters. The Bertz CT molecular complexity index is 785. The number of benzene rings is 1. The van der Waals surface area contributed by atoms with Gasteiger partial charge in [-0.05, 0) is 31.0 Å². The van der Waals surface area contributed by atoms with Crippen molar-refractivity contribution in [3.63, 3.8) is 0 Å². The number of hydrogen-bond donors (Lipinski definition) is 1.